The standard InChI is InChI=1S/C28H28F2N2O2/c29-22-11-7-20(8-12-22)25(21-9-13-23(30)14-10-21)4-3-17-31-18-15-24(16-19-31)32-26-5-1-2-6-27(26)34-28(32)33/h1-2,5-14,24-25H,3-4,15-19H2. The van der Waals surface area contributed by atoms with E-state index in [4.69, 9.17) is 4.42 Å². The molecule has 0 radical (unpaired) electrons. The summed E-state index contributed by atoms with van der Waals surface area (Å²) in [5, 5.41) is 0. The third kappa shape index (κ3) is 4.82. The zero-order valence-electron chi connectivity index (χ0n) is 19.0. The first kappa shape index (κ1) is 22.5. The highest BCUT2D eigenvalue weighted by Gasteiger charge is 2.24. The van der Waals surface area contributed by atoms with Gasteiger partial charge in [0, 0.05) is 25.0 Å². The van der Waals surface area contributed by atoms with Gasteiger partial charge < -0.3 is 9.32 Å². The lowest BCUT2D eigenvalue weighted by molar-refractivity contribution is 0.181. The van der Waals surface area contributed by atoms with Crippen LogP contribution in [0.1, 0.15) is 48.8 Å². The van der Waals surface area contributed by atoms with Crippen molar-refractivity contribution < 1.29 is 13.2 Å². The molecule has 1 aromatic heterocycles. The molecular weight excluding hydrogens is 434 g/mol. The van der Waals surface area contributed by atoms with Crippen LogP contribution in [0.4, 0.5) is 8.78 Å². The predicted molar refractivity (Wildman–Crippen MR) is 129 cm³/mol. The number of rotatable bonds is 7. The van der Waals surface area contributed by atoms with Crippen molar-refractivity contribution >= 4 is 11.1 Å². The van der Waals surface area contributed by atoms with Gasteiger partial charge in [-0.25, -0.2) is 13.6 Å². The molecule has 4 aromatic rings. The summed E-state index contributed by atoms with van der Waals surface area (Å²) in [6.07, 6.45) is 3.67. The van der Waals surface area contributed by atoms with Crippen LogP contribution in [-0.4, -0.2) is 29.1 Å². The van der Waals surface area contributed by atoms with Crippen molar-refractivity contribution in [3.05, 3.63) is 106 Å². The van der Waals surface area contributed by atoms with Gasteiger partial charge in [-0.1, -0.05) is 36.4 Å². The van der Waals surface area contributed by atoms with Gasteiger partial charge in [-0.15, -0.1) is 0 Å². The maximum absolute atomic E-state index is 13.5. The fourth-order valence-electron chi connectivity index (χ4n) is 5.17. The lowest BCUT2D eigenvalue weighted by Gasteiger charge is -2.32. The highest BCUT2D eigenvalue weighted by atomic mass is 19.1. The van der Waals surface area contributed by atoms with Crippen molar-refractivity contribution in [3.8, 4) is 0 Å². The van der Waals surface area contributed by atoms with Crippen molar-refractivity contribution in [2.24, 2.45) is 0 Å². The van der Waals surface area contributed by atoms with Gasteiger partial charge in [0.15, 0.2) is 5.58 Å². The third-order valence-corrected chi connectivity index (χ3v) is 6.95. The van der Waals surface area contributed by atoms with Crippen molar-refractivity contribution in [3.63, 3.8) is 0 Å². The lowest BCUT2D eigenvalue weighted by Crippen LogP contribution is -2.37. The lowest BCUT2D eigenvalue weighted by atomic mass is 9.87. The summed E-state index contributed by atoms with van der Waals surface area (Å²) in [6, 6.07) is 21.0. The Hall–Kier alpha value is -3.25. The van der Waals surface area contributed by atoms with Crippen LogP contribution in [-0.2, 0) is 0 Å². The van der Waals surface area contributed by atoms with Gasteiger partial charge in [0.2, 0.25) is 0 Å². The normalized spacial score (nSPS) is 15.4. The van der Waals surface area contributed by atoms with E-state index in [9.17, 15) is 13.6 Å². The van der Waals surface area contributed by atoms with Crippen LogP contribution in [0, 0.1) is 11.6 Å². The molecule has 2 heterocycles. The number of oxazole rings is 1. The smallest absolute Gasteiger partial charge is 0.408 e. The maximum Gasteiger partial charge on any atom is 0.420 e. The molecule has 1 aliphatic heterocycles. The second kappa shape index (κ2) is 9.94. The Bertz CT molecular complexity index is 1240. The van der Waals surface area contributed by atoms with Gasteiger partial charge in [0.05, 0.1) is 5.52 Å². The zero-order chi connectivity index (χ0) is 23.5. The quantitative estimate of drug-likeness (QED) is 0.332. The van der Waals surface area contributed by atoms with Crippen LogP contribution < -0.4 is 5.76 Å². The number of nitrogens with zero attached hydrogens (tertiary/aromatic N) is 2. The summed E-state index contributed by atoms with van der Waals surface area (Å²) in [4.78, 5) is 14.9. The maximum atomic E-state index is 13.5. The average Bonchev–Trinajstić information content (AvgIpc) is 3.19. The predicted octanol–water partition coefficient (Wildman–Crippen LogP) is 6.12. The number of piperidine rings is 1. The highest BCUT2D eigenvalue weighted by molar-refractivity contribution is 5.72. The second-order valence-electron chi connectivity index (χ2n) is 9.08. The largest absolute Gasteiger partial charge is 0.420 e. The van der Waals surface area contributed by atoms with Crippen LogP contribution in [0.3, 0.4) is 0 Å². The van der Waals surface area contributed by atoms with E-state index in [0.29, 0.717) is 5.58 Å². The summed E-state index contributed by atoms with van der Waals surface area (Å²) in [7, 11) is 0. The Labute approximate surface area is 197 Å². The van der Waals surface area contributed by atoms with E-state index in [-0.39, 0.29) is 29.4 Å². The molecule has 6 heteroatoms. The van der Waals surface area contributed by atoms with E-state index >= 15 is 0 Å². The number of likely N-dealkylation sites (tertiary alicyclic amines) is 1. The minimum atomic E-state index is -0.277. The van der Waals surface area contributed by atoms with E-state index < -0.39 is 0 Å². The van der Waals surface area contributed by atoms with E-state index in [2.05, 4.69) is 4.90 Å². The number of para-hydroxylation sites is 2. The van der Waals surface area contributed by atoms with E-state index in [0.717, 1.165) is 62.0 Å². The SMILES string of the molecule is O=c1oc2ccccc2n1C1CCN(CCCC(c2ccc(F)cc2)c2ccc(F)cc2)CC1. The summed E-state index contributed by atoms with van der Waals surface area (Å²) < 4.78 is 34.2. The van der Waals surface area contributed by atoms with E-state index in [1.54, 1.807) is 0 Å². The number of hydrogen-bond donors (Lipinski definition) is 0. The van der Waals surface area contributed by atoms with Gasteiger partial charge >= 0.3 is 5.76 Å². The van der Waals surface area contributed by atoms with Gasteiger partial charge in [0.25, 0.3) is 0 Å². The van der Waals surface area contributed by atoms with Crippen molar-refractivity contribution in [2.45, 2.75) is 37.6 Å². The van der Waals surface area contributed by atoms with E-state index in [1.807, 2.05) is 53.1 Å². The Kier molecular flexibility index (Phi) is 6.59. The molecule has 0 saturated carbocycles. The van der Waals surface area contributed by atoms with Crippen LogP contribution in [0.25, 0.3) is 11.1 Å². The van der Waals surface area contributed by atoms with Crippen molar-refractivity contribution in [1.29, 1.82) is 0 Å². The number of fused-ring (bicyclic) bond motifs is 1. The second-order valence-corrected chi connectivity index (χ2v) is 9.08. The monoisotopic (exact) mass is 462 g/mol. The number of hydrogen-bond acceptors (Lipinski definition) is 3. The molecule has 0 unspecified atom stereocenters. The molecule has 4 nitrogen and oxygen atoms in total. The van der Waals surface area contributed by atoms with Crippen LogP contribution >= 0.6 is 0 Å². The molecule has 0 aliphatic carbocycles. The molecule has 0 bridgehead atoms. The van der Waals surface area contributed by atoms with Crippen molar-refractivity contribution in [2.75, 3.05) is 19.6 Å². The summed E-state index contributed by atoms with van der Waals surface area (Å²) >= 11 is 0. The minimum absolute atomic E-state index is 0.0922. The molecule has 1 saturated heterocycles. The molecule has 0 spiro atoms. The first-order valence-corrected chi connectivity index (χ1v) is 11.9. The first-order valence-electron chi connectivity index (χ1n) is 11.9. The molecule has 0 N–H and O–H groups in total. The Balaban J connectivity index is 1.21. The van der Waals surface area contributed by atoms with Gasteiger partial charge in [0.1, 0.15) is 11.6 Å². The Morgan fingerprint density at radius 2 is 1.44 bits per heavy atom. The fraction of sp³-hybridized carbons (Fsp3) is 0.321. The van der Waals surface area contributed by atoms with E-state index in [1.165, 1.54) is 24.3 Å². The molecule has 0 atom stereocenters. The fourth-order valence-corrected chi connectivity index (χ4v) is 5.17. The first-order chi connectivity index (χ1) is 16.6. The molecule has 176 valence electrons. The van der Waals surface area contributed by atoms with Gasteiger partial charge in [-0.05, 0) is 79.8 Å². The Morgan fingerprint density at radius 1 is 0.853 bits per heavy atom. The van der Waals surface area contributed by atoms with Crippen LogP contribution in [0.15, 0.2) is 82.0 Å². The summed E-state index contributed by atoms with van der Waals surface area (Å²) in [6.45, 7) is 2.80. The molecule has 0 amide bonds. The van der Waals surface area contributed by atoms with Crippen LogP contribution in [0.5, 0.6) is 0 Å². The molecule has 3 aromatic carbocycles. The molecule has 1 aliphatic rings. The molecule has 5 rings (SSSR count). The minimum Gasteiger partial charge on any atom is -0.408 e. The molecule has 1 fully saturated rings. The van der Waals surface area contributed by atoms with Gasteiger partial charge in [-0.3, -0.25) is 4.57 Å². The van der Waals surface area contributed by atoms with Crippen LogP contribution in [0.2, 0.25) is 0 Å². The summed E-state index contributed by atoms with van der Waals surface area (Å²) in [5.41, 5.74) is 3.59. The highest BCUT2D eigenvalue weighted by Crippen LogP contribution is 2.31. The summed E-state index contributed by atoms with van der Waals surface area (Å²) in [5.74, 6) is -0.696. The number of benzene rings is 3. The Morgan fingerprint density at radius 3 is 2.06 bits per heavy atom. The topological polar surface area (TPSA) is 38.4 Å². The average molecular weight is 463 g/mol. The number of aromatic nitrogens is 1. The zero-order valence-corrected chi connectivity index (χ0v) is 19.0. The molecular formula is C28H28F2N2O2. The van der Waals surface area contributed by atoms with Crippen molar-refractivity contribution in [1.82, 2.24) is 9.47 Å². The third-order valence-electron chi connectivity index (χ3n) is 6.95. The van der Waals surface area contributed by atoms with Gasteiger partial charge in [-0.2, -0.15) is 0 Å². The number of halogens is 2. The molecule has 34 heavy (non-hydrogen) atoms.